The predicted molar refractivity (Wildman–Crippen MR) is 132 cm³/mol. The van der Waals surface area contributed by atoms with Gasteiger partial charge in [-0.15, -0.1) is 0 Å². The van der Waals surface area contributed by atoms with Gasteiger partial charge in [0.15, 0.2) is 5.13 Å². The van der Waals surface area contributed by atoms with Crippen molar-refractivity contribution in [2.75, 3.05) is 58.0 Å². The van der Waals surface area contributed by atoms with Gasteiger partial charge in [-0.1, -0.05) is 35.6 Å². The summed E-state index contributed by atoms with van der Waals surface area (Å²) < 4.78 is 17.8. The van der Waals surface area contributed by atoms with E-state index in [1.165, 1.54) is 0 Å². The van der Waals surface area contributed by atoms with Crippen LogP contribution in [0.2, 0.25) is 0 Å². The van der Waals surface area contributed by atoms with Crippen molar-refractivity contribution in [1.29, 1.82) is 0 Å². The van der Waals surface area contributed by atoms with Crippen LogP contribution in [0.4, 0.5) is 5.13 Å². The molecule has 0 aliphatic carbocycles. The van der Waals surface area contributed by atoms with Gasteiger partial charge < -0.3 is 14.2 Å². The van der Waals surface area contributed by atoms with Gasteiger partial charge in [0.2, 0.25) is 5.91 Å². The number of rotatable bonds is 10. The van der Waals surface area contributed by atoms with E-state index in [2.05, 4.69) is 11.8 Å². The minimum Gasteiger partial charge on any atom is -0.494 e. The summed E-state index contributed by atoms with van der Waals surface area (Å²) in [5.74, 6) is 1.51. The van der Waals surface area contributed by atoms with Crippen LogP contribution in [0.25, 0.3) is 10.2 Å². The Hall–Kier alpha value is -2.68. The number of fused-ring (bicyclic) bond motifs is 1. The zero-order valence-corrected chi connectivity index (χ0v) is 20.1. The van der Waals surface area contributed by atoms with Crippen molar-refractivity contribution in [1.82, 2.24) is 9.88 Å². The number of amides is 1. The van der Waals surface area contributed by atoms with E-state index in [0.717, 1.165) is 66.5 Å². The SMILES string of the molecule is COc1ccc(C)c2sc(N(CCCN3CCOCC3)C(=O)CCOc3ccccc3)nc12. The molecule has 2 aromatic carbocycles. The molecule has 1 saturated heterocycles. The lowest BCUT2D eigenvalue weighted by molar-refractivity contribution is -0.119. The van der Waals surface area contributed by atoms with Crippen molar-refractivity contribution in [3.63, 3.8) is 0 Å². The van der Waals surface area contributed by atoms with E-state index in [-0.39, 0.29) is 5.91 Å². The molecule has 0 radical (unpaired) electrons. The molecule has 7 nitrogen and oxygen atoms in total. The first-order valence-corrected chi connectivity index (χ1v) is 12.2. The lowest BCUT2D eigenvalue weighted by Gasteiger charge is -2.27. The number of benzene rings is 2. The number of morpholine rings is 1. The first kappa shape index (κ1) is 23.5. The van der Waals surface area contributed by atoms with Crippen LogP contribution in [0, 0.1) is 6.92 Å². The molecule has 33 heavy (non-hydrogen) atoms. The first-order chi connectivity index (χ1) is 16.2. The van der Waals surface area contributed by atoms with Gasteiger partial charge >= 0.3 is 0 Å². The standard InChI is InChI=1S/C25H31N3O4S/c1-19-9-10-21(30-2)23-24(19)33-25(26-23)28(13-6-12-27-14-17-31-18-15-27)22(29)11-16-32-20-7-4-3-5-8-20/h3-5,7-10H,6,11-18H2,1-2H3. The minimum atomic E-state index is 0.0172. The number of carbonyl (C=O) groups excluding carboxylic acids is 1. The van der Waals surface area contributed by atoms with Gasteiger partial charge in [-0.05, 0) is 37.1 Å². The number of aromatic nitrogens is 1. The zero-order chi connectivity index (χ0) is 23.0. The maximum Gasteiger partial charge on any atom is 0.232 e. The second-order valence-electron chi connectivity index (χ2n) is 8.02. The summed E-state index contributed by atoms with van der Waals surface area (Å²) in [5, 5.41) is 0.712. The molecule has 1 aliphatic heterocycles. The maximum absolute atomic E-state index is 13.3. The molecular formula is C25H31N3O4S. The molecule has 3 aromatic rings. The number of hydrogen-bond acceptors (Lipinski definition) is 7. The van der Waals surface area contributed by atoms with Crippen molar-refractivity contribution in [3.8, 4) is 11.5 Å². The van der Waals surface area contributed by atoms with E-state index in [1.54, 1.807) is 18.4 Å². The van der Waals surface area contributed by atoms with Crippen molar-refractivity contribution < 1.29 is 19.0 Å². The summed E-state index contributed by atoms with van der Waals surface area (Å²) in [7, 11) is 1.65. The van der Waals surface area contributed by atoms with E-state index < -0.39 is 0 Å². The van der Waals surface area contributed by atoms with E-state index in [9.17, 15) is 4.79 Å². The lowest BCUT2D eigenvalue weighted by atomic mass is 10.2. The molecule has 176 valence electrons. The number of hydrogen-bond donors (Lipinski definition) is 0. The third-order valence-corrected chi connectivity index (χ3v) is 6.95. The average molecular weight is 470 g/mol. The van der Waals surface area contributed by atoms with Crippen molar-refractivity contribution in [2.24, 2.45) is 0 Å². The highest BCUT2D eigenvalue weighted by atomic mass is 32.1. The molecule has 0 spiro atoms. The monoisotopic (exact) mass is 469 g/mol. The fraction of sp³-hybridized carbons (Fsp3) is 0.440. The number of thiazole rings is 1. The van der Waals surface area contributed by atoms with Crippen LogP contribution in [0.3, 0.4) is 0 Å². The number of aryl methyl sites for hydroxylation is 1. The van der Waals surface area contributed by atoms with Crippen molar-refractivity contribution >= 4 is 32.6 Å². The van der Waals surface area contributed by atoms with Gasteiger partial charge in [0, 0.05) is 26.2 Å². The Balaban J connectivity index is 1.48. The predicted octanol–water partition coefficient (Wildman–Crippen LogP) is 4.14. The van der Waals surface area contributed by atoms with Crippen LogP contribution in [0.5, 0.6) is 11.5 Å². The first-order valence-electron chi connectivity index (χ1n) is 11.4. The van der Waals surface area contributed by atoms with E-state index in [0.29, 0.717) is 24.7 Å². The second kappa shape index (κ2) is 11.4. The molecule has 1 aliphatic rings. The highest BCUT2D eigenvalue weighted by Gasteiger charge is 2.22. The summed E-state index contributed by atoms with van der Waals surface area (Å²) >= 11 is 1.55. The quantitative estimate of drug-likeness (QED) is 0.445. The molecule has 8 heteroatoms. The Bertz CT molecular complexity index is 1050. The number of anilines is 1. The molecule has 0 saturated carbocycles. The fourth-order valence-corrected chi connectivity index (χ4v) is 4.99. The molecule has 1 fully saturated rings. The lowest BCUT2D eigenvalue weighted by Crippen LogP contribution is -2.39. The topological polar surface area (TPSA) is 64.1 Å². The number of methoxy groups -OCH3 is 1. The van der Waals surface area contributed by atoms with Crippen molar-refractivity contribution in [3.05, 3.63) is 48.0 Å². The fourth-order valence-electron chi connectivity index (χ4n) is 3.89. The smallest absolute Gasteiger partial charge is 0.232 e. The Morgan fingerprint density at radius 1 is 1.18 bits per heavy atom. The third-order valence-electron chi connectivity index (χ3n) is 5.73. The van der Waals surface area contributed by atoms with Gasteiger partial charge in [-0.2, -0.15) is 0 Å². The average Bonchev–Trinajstić information content (AvgIpc) is 3.29. The molecular weight excluding hydrogens is 438 g/mol. The summed E-state index contributed by atoms with van der Waals surface area (Å²) in [5.41, 5.74) is 1.94. The second-order valence-corrected chi connectivity index (χ2v) is 9.00. The zero-order valence-electron chi connectivity index (χ0n) is 19.3. The molecule has 0 bridgehead atoms. The highest BCUT2D eigenvalue weighted by molar-refractivity contribution is 7.22. The molecule has 0 unspecified atom stereocenters. The van der Waals surface area contributed by atoms with Gasteiger partial charge in [0.05, 0.1) is 38.1 Å². The molecule has 4 rings (SSSR count). The normalized spacial score (nSPS) is 14.4. The van der Waals surface area contributed by atoms with E-state index in [4.69, 9.17) is 19.2 Å². The van der Waals surface area contributed by atoms with Crippen LogP contribution in [-0.4, -0.2) is 68.9 Å². The third kappa shape index (κ3) is 6.01. The van der Waals surface area contributed by atoms with Gasteiger partial charge in [0.1, 0.15) is 17.0 Å². The molecule has 0 atom stereocenters. The van der Waals surface area contributed by atoms with Crippen LogP contribution in [-0.2, 0) is 9.53 Å². The highest BCUT2D eigenvalue weighted by Crippen LogP contribution is 2.36. The summed E-state index contributed by atoms with van der Waals surface area (Å²) in [6.07, 6.45) is 1.16. The number of nitrogens with zero attached hydrogens (tertiary/aromatic N) is 3. The molecule has 1 amide bonds. The van der Waals surface area contributed by atoms with Crippen LogP contribution >= 0.6 is 11.3 Å². The Morgan fingerprint density at radius 3 is 2.73 bits per heavy atom. The van der Waals surface area contributed by atoms with Crippen LogP contribution < -0.4 is 14.4 Å². The number of para-hydroxylation sites is 1. The summed E-state index contributed by atoms with van der Waals surface area (Å²) in [6.45, 7) is 7.36. The van der Waals surface area contributed by atoms with Crippen LogP contribution in [0.1, 0.15) is 18.4 Å². The largest absolute Gasteiger partial charge is 0.494 e. The Labute approximate surface area is 198 Å². The minimum absolute atomic E-state index is 0.0172. The number of carbonyl (C=O) groups is 1. The van der Waals surface area contributed by atoms with E-state index >= 15 is 0 Å². The number of ether oxygens (including phenoxy) is 3. The summed E-state index contributed by atoms with van der Waals surface area (Å²) in [4.78, 5) is 22.3. The maximum atomic E-state index is 13.3. The Morgan fingerprint density at radius 2 is 1.97 bits per heavy atom. The van der Waals surface area contributed by atoms with Crippen LogP contribution in [0.15, 0.2) is 42.5 Å². The van der Waals surface area contributed by atoms with Gasteiger partial charge in [-0.25, -0.2) is 4.98 Å². The molecule has 0 N–H and O–H groups in total. The Kier molecular flexibility index (Phi) is 8.15. The summed E-state index contributed by atoms with van der Waals surface area (Å²) in [6, 6.07) is 13.5. The van der Waals surface area contributed by atoms with Gasteiger partial charge in [0.25, 0.3) is 0 Å². The van der Waals surface area contributed by atoms with Gasteiger partial charge in [-0.3, -0.25) is 14.6 Å². The molecule has 1 aromatic heterocycles. The molecule has 2 heterocycles. The van der Waals surface area contributed by atoms with E-state index in [1.807, 2.05) is 47.4 Å². The van der Waals surface area contributed by atoms with Crippen molar-refractivity contribution in [2.45, 2.75) is 19.8 Å².